The van der Waals surface area contributed by atoms with E-state index in [1.165, 1.54) is 12.1 Å². The first-order valence-electron chi connectivity index (χ1n) is 9.94. The first kappa shape index (κ1) is 23.8. The number of halogens is 1. The molecule has 6 nitrogen and oxygen atoms in total. The van der Waals surface area contributed by atoms with Gasteiger partial charge in [0.2, 0.25) is 5.91 Å². The molecule has 0 bridgehead atoms. The van der Waals surface area contributed by atoms with Gasteiger partial charge in [0.1, 0.15) is 6.54 Å². The molecule has 32 heavy (non-hydrogen) atoms. The van der Waals surface area contributed by atoms with Crippen molar-refractivity contribution in [3.8, 4) is 0 Å². The molecular formula is C24H25ClN2O4S. The maximum atomic E-state index is 13.5. The smallest absolute Gasteiger partial charge is 0.264 e. The maximum Gasteiger partial charge on any atom is 0.264 e. The topological polar surface area (TPSA) is 75.7 Å². The number of carbonyl (C=O) groups excluding carboxylic acids is 1. The average molecular weight is 473 g/mol. The molecule has 1 N–H and O–H groups in total. The number of nitrogens with one attached hydrogen (secondary N) is 1. The molecule has 0 saturated carbocycles. The molecule has 0 aromatic heterocycles. The van der Waals surface area contributed by atoms with Crippen LogP contribution in [0.4, 0.5) is 11.4 Å². The number of methoxy groups -OCH3 is 1. The molecule has 168 valence electrons. The third kappa shape index (κ3) is 5.68. The van der Waals surface area contributed by atoms with Gasteiger partial charge in [-0.05, 0) is 61.4 Å². The Balaban J connectivity index is 1.96. The van der Waals surface area contributed by atoms with Crippen LogP contribution in [0.5, 0.6) is 0 Å². The highest BCUT2D eigenvalue weighted by Gasteiger charge is 2.28. The van der Waals surface area contributed by atoms with Crippen LogP contribution in [0.1, 0.15) is 16.7 Å². The molecule has 0 spiro atoms. The fourth-order valence-corrected chi connectivity index (χ4v) is 4.87. The van der Waals surface area contributed by atoms with Gasteiger partial charge in [0.15, 0.2) is 0 Å². The molecule has 0 radical (unpaired) electrons. The molecule has 0 atom stereocenters. The lowest BCUT2D eigenvalue weighted by Crippen LogP contribution is -2.38. The summed E-state index contributed by atoms with van der Waals surface area (Å²) in [5.74, 6) is -0.477. The summed E-state index contributed by atoms with van der Waals surface area (Å²) in [6, 6.07) is 18.6. The van der Waals surface area contributed by atoms with Crippen LogP contribution in [0.3, 0.4) is 0 Å². The Morgan fingerprint density at radius 1 is 1.03 bits per heavy atom. The number of anilines is 2. The van der Waals surface area contributed by atoms with Crippen molar-refractivity contribution in [3.63, 3.8) is 0 Å². The van der Waals surface area contributed by atoms with E-state index in [0.717, 1.165) is 15.4 Å². The highest BCUT2D eigenvalue weighted by atomic mass is 35.5. The van der Waals surface area contributed by atoms with Gasteiger partial charge in [-0.2, -0.15) is 0 Å². The molecule has 0 saturated heterocycles. The van der Waals surface area contributed by atoms with Crippen molar-refractivity contribution in [1.82, 2.24) is 0 Å². The number of sulfonamides is 1. The number of hydrogen-bond acceptors (Lipinski definition) is 4. The zero-order valence-corrected chi connectivity index (χ0v) is 19.7. The lowest BCUT2D eigenvalue weighted by molar-refractivity contribution is -0.114. The van der Waals surface area contributed by atoms with Crippen LogP contribution >= 0.6 is 11.6 Å². The second kappa shape index (κ2) is 10.2. The monoisotopic (exact) mass is 472 g/mol. The Labute approximate surface area is 193 Å². The molecule has 0 unspecified atom stereocenters. The van der Waals surface area contributed by atoms with Gasteiger partial charge >= 0.3 is 0 Å². The quantitative estimate of drug-likeness (QED) is 0.504. The maximum absolute atomic E-state index is 13.5. The summed E-state index contributed by atoms with van der Waals surface area (Å²) < 4.78 is 33.3. The van der Waals surface area contributed by atoms with Crippen molar-refractivity contribution in [1.29, 1.82) is 0 Å². The van der Waals surface area contributed by atoms with Crippen LogP contribution in [0, 0.1) is 13.8 Å². The Kier molecular flexibility index (Phi) is 7.56. The predicted octanol–water partition coefficient (Wildman–Crippen LogP) is 4.94. The van der Waals surface area contributed by atoms with Crippen LogP contribution in [-0.2, 0) is 26.2 Å². The van der Waals surface area contributed by atoms with Gasteiger partial charge in [-0.15, -0.1) is 0 Å². The molecule has 0 aliphatic rings. The fourth-order valence-electron chi connectivity index (χ4n) is 3.22. The standard InChI is InChI=1S/C24H25ClN2O4S/c1-17-7-11-22(12-8-17)32(29,30)27(23-14-20(25)10-9-18(23)2)15-24(28)26-21-6-4-5-19(13-21)16-31-3/h4-14H,15-16H2,1-3H3,(H,26,28). The second-order valence-electron chi connectivity index (χ2n) is 7.44. The normalized spacial score (nSPS) is 11.2. The summed E-state index contributed by atoms with van der Waals surface area (Å²) >= 11 is 6.16. The predicted molar refractivity (Wildman–Crippen MR) is 128 cm³/mol. The molecule has 3 aromatic carbocycles. The summed E-state index contributed by atoms with van der Waals surface area (Å²) in [6.07, 6.45) is 0. The van der Waals surface area contributed by atoms with E-state index in [0.29, 0.717) is 28.6 Å². The van der Waals surface area contributed by atoms with Crippen LogP contribution in [0.15, 0.2) is 71.6 Å². The highest BCUT2D eigenvalue weighted by molar-refractivity contribution is 7.92. The van der Waals surface area contributed by atoms with E-state index in [1.807, 2.05) is 13.0 Å². The SMILES string of the molecule is COCc1cccc(NC(=O)CN(c2cc(Cl)ccc2C)S(=O)(=O)c2ccc(C)cc2)c1. The largest absolute Gasteiger partial charge is 0.380 e. The summed E-state index contributed by atoms with van der Waals surface area (Å²) in [4.78, 5) is 13.0. The Morgan fingerprint density at radius 3 is 2.44 bits per heavy atom. The minimum absolute atomic E-state index is 0.0948. The Morgan fingerprint density at radius 2 is 1.75 bits per heavy atom. The van der Waals surface area contributed by atoms with Crippen molar-refractivity contribution < 1.29 is 17.9 Å². The average Bonchev–Trinajstić information content (AvgIpc) is 2.74. The van der Waals surface area contributed by atoms with Gasteiger partial charge in [0.25, 0.3) is 10.0 Å². The lowest BCUT2D eigenvalue weighted by Gasteiger charge is -2.26. The molecule has 0 aliphatic carbocycles. The summed E-state index contributed by atoms with van der Waals surface area (Å²) in [6.45, 7) is 3.64. The van der Waals surface area contributed by atoms with Crippen molar-refractivity contribution in [2.45, 2.75) is 25.3 Å². The van der Waals surface area contributed by atoms with E-state index < -0.39 is 22.5 Å². The van der Waals surface area contributed by atoms with Crippen molar-refractivity contribution in [2.24, 2.45) is 0 Å². The third-order valence-electron chi connectivity index (χ3n) is 4.86. The molecule has 3 aromatic rings. The first-order chi connectivity index (χ1) is 15.2. The summed E-state index contributed by atoms with van der Waals surface area (Å²) in [5.41, 5.74) is 3.41. The minimum Gasteiger partial charge on any atom is -0.380 e. The number of ether oxygens (including phenoxy) is 1. The van der Waals surface area contributed by atoms with Gasteiger partial charge in [0.05, 0.1) is 17.2 Å². The van der Waals surface area contributed by atoms with E-state index in [4.69, 9.17) is 16.3 Å². The first-order valence-corrected chi connectivity index (χ1v) is 11.8. The number of aryl methyl sites for hydroxylation is 2. The van der Waals surface area contributed by atoms with Crippen molar-refractivity contribution in [3.05, 3.63) is 88.4 Å². The van der Waals surface area contributed by atoms with Gasteiger partial charge in [0, 0.05) is 17.8 Å². The third-order valence-corrected chi connectivity index (χ3v) is 6.87. The van der Waals surface area contributed by atoms with Crippen LogP contribution in [0.25, 0.3) is 0 Å². The molecule has 0 fully saturated rings. The van der Waals surface area contributed by atoms with Gasteiger partial charge in [-0.25, -0.2) is 8.42 Å². The van der Waals surface area contributed by atoms with E-state index in [2.05, 4.69) is 5.32 Å². The van der Waals surface area contributed by atoms with Gasteiger partial charge in [-0.1, -0.05) is 47.5 Å². The molecule has 8 heteroatoms. The van der Waals surface area contributed by atoms with Crippen LogP contribution < -0.4 is 9.62 Å². The summed E-state index contributed by atoms with van der Waals surface area (Å²) in [5, 5.41) is 3.15. The Hall–Kier alpha value is -2.87. The van der Waals surface area contributed by atoms with E-state index >= 15 is 0 Å². The molecule has 0 heterocycles. The number of nitrogens with zero attached hydrogens (tertiary/aromatic N) is 1. The number of amides is 1. The van der Waals surface area contributed by atoms with Gasteiger partial charge < -0.3 is 10.1 Å². The summed E-state index contributed by atoms with van der Waals surface area (Å²) in [7, 11) is -2.43. The van der Waals surface area contributed by atoms with Crippen molar-refractivity contribution in [2.75, 3.05) is 23.3 Å². The zero-order valence-electron chi connectivity index (χ0n) is 18.1. The molecule has 3 rings (SSSR count). The van der Waals surface area contributed by atoms with Crippen LogP contribution in [-0.4, -0.2) is 28.0 Å². The second-order valence-corrected chi connectivity index (χ2v) is 9.74. The number of carbonyl (C=O) groups is 1. The fraction of sp³-hybridized carbons (Fsp3) is 0.208. The van der Waals surface area contributed by atoms with E-state index in [9.17, 15) is 13.2 Å². The van der Waals surface area contributed by atoms with Gasteiger partial charge in [-0.3, -0.25) is 9.10 Å². The van der Waals surface area contributed by atoms with E-state index in [1.54, 1.807) is 62.6 Å². The molecule has 0 aliphatic heterocycles. The van der Waals surface area contributed by atoms with E-state index in [-0.39, 0.29) is 4.90 Å². The number of rotatable bonds is 8. The number of benzene rings is 3. The zero-order chi connectivity index (χ0) is 23.3. The molecular weight excluding hydrogens is 448 g/mol. The number of hydrogen-bond donors (Lipinski definition) is 1. The van der Waals surface area contributed by atoms with Crippen LogP contribution in [0.2, 0.25) is 5.02 Å². The lowest BCUT2D eigenvalue weighted by atomic mass is 10.2. The van der Waals surface area contributed by atoms with Crippen molar-refractivity contribution >= 4 is 38.9 Å². The Bertz CT molecular complexity index is 1210. The minimum atomic E-state index is -4.02. The highest BCUT2D eigenvalue weighted by Crippen LogP contribution is 2.29. The molecule has 1 amide bonds.